The fraction of sp³-hybridized carbons (Fsp3) is 0.263. The first kappa shape index (κ1) is 18.0. The molecule has 7 heteroatoms. The van der Waals surface area contributed by atoms with Crippen LogP contribution in [-0.4, -0.2) is 33.1 Å². The minimum atomic E-state index is -0.934. The van der Waals surface area contributed by atoms with E-state index >= 15 is 0 Å². The van der Waals surface area contributed by atoms with Crippen molar-refractivity contribution in [1.82, 2.24) is 14.9 Å². The van der Waals surface area contributed by atoms with Crippen molar-refractivity contribution in [3.05, 3.63) is 58.6 Å². The fourth-order valence-electron chi connectivity index (χ4n) is 2.81. The number of carboxylic acid groups (broad SMARTS) is 1. The number of nitrogens with one attached hydrogen (secondary N) is 1. The third-order valence-corrected chi connectivity index (χ3v) is 5.02. The van der Waals surface area contributed by atoms with Crippen molar-refractivity contribution >= 4 is 34.2 Å². The molecule has 1 heterocycles. The van der Waals surface area contributed by atoms with Gasteiger partial charge in [-0.15, -0.1) is 5.10 Å². The Morgan fingerprint density at radius 1 is 1.19 bits per heavy atom. The molecule has 0 fully saturated rings. The number of nitrogens with zero attached hydrogens (tertiary/aromatic N) is 2. The second-order valence-corrected chi connectivity index (χ2v) is 6.79. The number of carbonyl (C=O) groups excluding carboxylic acids is 1. The summed E-state index contributed by atoms with van der Waals surface area (Å²) >= 11 is 1.03. The largest absolute Gasteiger partial charge is 0.481 e. The highest BCUT2D eigenvalue weighted by Gasteiger charge is 2.21. The highest BCUT2D eigenvalue weighted by Crippen LogP contribution is 2.18. The number of carboxylic acids is 1. The molecule has 134 valence electrons. The topological polar surface area (TPSA) is 92.2 Å². The summed E-state index contributed by atoms with van der Waals surface area (Å²) in [5.41, 5.74) is 1.56. The van der Waals surface area contributed by atoms with Crippen molar-refractivity contribution in [2.75, 3.05) is 6.54 Å². The summed E-state index contributed by atoms with van der Waals surface area (Å²) in [5, 5.41) is 18.3. The zero-order valence-electron chi connectivity index (χ0n) is 14.3. The predicted octanol–water partition coefficient (Wildman–Crippen LogP) is 2.93. The molecule has 0 spiro atoms. The molecular formula is C19H19N3O3S. The Morgan fingerprint density at radius 2 is 1.96 bits per heavy atom. The van der Waals surface area contributed by atoms with Gasteiger partial charge >= 0.3 is 5.97 Å². The summed E-state index contributed by atoms with van der Waals surface area (Å²) in [6, 6.07) is 13.9. The van der Waals surface area contributed by atoms with E-state index in [1.165, 1.54) is 0 Å². The molecule has 2 aromatic carbocycles. The van der Waals surface area contributed by atoms with Crippen molar-refractivity contribution in [2.24, 2.45) is 5.92 Å². The van der Waals surface area contributed by atoms with Crippen LogP contribution >= 0.6 is 11.5 Å². The zero-order chi connectivity index (χ0) is 18.5. The van der Waals surface area contributed by atoms with Crippen molar-refractivity contribution < 1.29 is 14.7 Å². The molecule has 0 aliphatic rings. The SMILES string of the molecule is CCc1nnsc1C(=O)NCC(Cc1ccc2ccccc2c1)C(=O)O. The molecule has 3 aromatic rings. The second-order valence-electron chi connectivity index (χ2n) is 6.03. The lowest BCUT2D eigenvalue weighted by molar-refractivity contribution is -0.141. The van der Waals surface area contributed by atoms with Gasteiger partial charge in [-0.2, -0.15) is 0 Å². The molecule has 0 saturated carbocycles. The number of hydrogen-bond donors (Lipinski definition) is 2. The Kier molecular flexibility index (Phi) is 5.58. The van der Waals surface area contributed by atoms with Crippen LogP contribution < -0.4 is 5.32 Å². The molecular weight excluding hydrogens is 350 g/mol. The Hall–Kier alpha value is -2.80. The summed E-state index contributed by atoms with van der Waals surface area (Å²) < 4.78 is 3.79. The predicted molar refractivity (Wildman–Crippen MR) is 100 cm³/mol. The summed E-state index contributed by atoms with van der Waals surface area (Å²) in [4.78, 5) is 24.3. The molecule has 0 radical (unpaired) electrons. The van der Waals surface area contributed by atoms with Gasteiger partial charge in [0.2, 0.25) is 0 Å². The quantitative estimate of drug-likeness (QED) is 0.668. The molecule has 2 N–H and O–H groups in total. The molecule has 1 aromatic heterocycles. The van der Waals surface area contributed by atoms with E-state index in [0.29, 0.717) is 23.4 Å². The molecule has 0 bridgehead atoms. The smallest absolute Gasteiger partial charge is 0.308 e. The molecule has 1 amide bonds. The summed E-state index contributed by atoms with van der Waals surface area (Å²) in [7, 11) is 0. The maximum atomic E-state index is 12.3. The van der Waals surface area contributed by atoms with E-state index in [0.717, 1.165) is 27.9 Å². The lowest BCUT2D eigenvalue weighted by atomic mass is 9.97. The van der Waals surface area contributed by atoms with Gasteiger partial charge in [-0.1, -0.05) is 53.9 Å². The Labute approximate surface area is 155 Å². The summed E-state index contributed by atoms with van der Waals surface area (Å²) in [6.07, 6.45) is 0.959. The van der Waals surface area contributed by atoms with Gasteiger partial charge in [0.15, 0.2) is 0 Å². The number of fused-ring (bicyclic) bond motifs is 1. The fourth-order valence-corrected chi connectivity index (χ4v) is 3.47. The van der Waals surface area contributed by atoms with Gasteiger partial charge < -0.3 is 10.4 Å². The van der Waals surface area contributed by atoms with Gasteiger partial charge in [0, 0.05) is 6.54 Å². The second kappa shape index (κ2) is 8.05. The van der Waals surface area contributed by atoms with Crippen LogP contribution in [0.3, 0.4) is 0 Å². The number of amides is 1. The minimum absolute atomic E-state index is 0.0576. The highest BCUT2D eigenvalue weighted by molar-refractivity contribution is 7.08. The highest BCUT2D eigenvalue weighted by atomic mass is 32.1. The zero-order valence-corrected chi connectivity index (χ0v) is 15.1. The lowest BCUT2D eigenvalue weighted by Gasteiger charge is -2.14. The normalized spacial score (nSPS) is 12.0. The molecule has 6 nitrogen and oxygen atoms in total. The average molecular weight is 369 g/mol. The minimum Gasteiger partial charge on any atom is -0.481 e. The lowest BCUT2D eigenvalue weighted by Crippen LogP contribution is -2.34. The maximum absolute atomic E-state index is 12.3. The van der Waals surface area contributed by atoms with E-state index in [2.05, 4.69) is 14.9 Å². The third-order valence-electron chi connectivity index (χ3n) is 4.25. The molecule has 3 rings (SSSR count). The molecule has 1 unspecified atom stereocenters. The van der Waals surface area contributed by atoms with Gasteiger partial charge in [0.25, 0.3) is 5.91 Å². The molecule has 26 heavy (non-hydrogen) atoms. The Morgan fingerprint density at radius 3 is 2.69 bits per heavy atom. The van der Waals surface area contributed by atoms with E-state index in [1.54, 1.807) is 0 Å². The number of aliphatic carboxylic acids is 1. The Bertz CT molecular complexity index is 938. The van der Waals surface area contributed by atoms with Crippen LogP contribution in [0.2, 0.25) is 0 Å². The van der Waals surface area contributed by atoms with Crippen molar-refractivity contribution in [3.8, 4) is 0 Å². The summed E-state index contributed by atoms with van der Waals surface area (Å²) in [5.74, 6) is -1.95. The van der Waals surface area contributed by atoms with Gasteiger partial charge in [0.05, 0.1) is 11.6 Å². The monoisotopic (exact) mass is 369 g/mol. The van der Waals surface area contributed by atoms with Crippen LogP contribution in [0.1, 0.15) is 27.9 Å². The molecule has 0 aliphatic carbocycles. The van der Waals surface area contributed by atoms with Gasteiger partial charge in [-0.3, -0.25) is 9.59 Å². The van der Waals surface area contributed by atoms with Crippen molar-refractivity contribution in [2.45, 2.75) is 19.8 Å². The van der Waals surface area contributed by atoms with Crippen LogP contribution in [0.15, 0.2) is 42.5 Å². The number of carbonyl (C=O) groups is 2. The first-order valence-electron chi connectivity index (χ1n) is 8.38. The van der Waals surface area contributed by atoms with E-state index in [9.17, 15) is 14.7 Å². The molecule has 0 aliphatic heterocycles. The van der Waals surface area contributed by atoms with Crippen LogP contribution in [-0.2, 0) is 17.6 Å². The number of aryl methyl sites for hydroxylation is 1. The molecule has 0 saturated heterocycles. The van der Waals surface area contributed by atoms with Crippen molar-refractivity contribution in [3.63, 3.8) is 0 Å². The number of benzene rings is 2. The van der Waals surface area contributed by atoms with E-state index in [1.807, 2.05) is 49.4 Å². The number of aromatic nitrogens is 2. The standard InChI is InChI=1S/C19H19N3O3S/c1-2-16-17(26-22-21-16)18(23)20-11-15(19(24)25)10-12-7-8-13-5-3-4-6-14(13)9-12/h3-9,15H,2,10-11H2,1H3,(H,20,23)(H,24,25). The van der Waals surface area contributed by atoms with Crippen molar-refractivity contribution in [1.29, 1.82) is 0 Å². The van der Waals surface area contributed by atoms with Gasteiger partial charge in [-0.05, 0) is 40.7 Å². The van der Waals surface area contributed by atoms with Crippen LogP contribution in [0.25, 0.3) is 10.8 Å². The van der Waals surface area contributed by atoms with Crippen LogP contribution in [0, 0.1) is 5.92 Å². The first-order chi connectivity index (χ1) is 12.6. The van der Waals surface area contributed by atoms with E-state index in [4.69, 9.17) is 0 Å². The third kappa shape index (κ3) is 4.05. The average Bonchev–Trinajstić information content (AvgIpc) is 3.13. The number of rotatable bonds is 7. The van der Waals surface area contributed by atoms with Crippen LogP contribution in [0.4, 0.5) is 0 Å². The molecule has 1 atom stereocenters. The number of hydrogen-bond acceptors (Lipinski definition) is 5. The van der Waals surface area contributed by atoms with E-state index < -0.39 is 11.9 Å². The van der Waals surface area contributed by atoms with Crippen LogP contribution in [0.5, 0.6) is 0 Å². The van der Waals surface area contributed by atoms with E-state index in [-0.39, 0.29) is 12.5 Å². The Balaban J connectivity index is 1.68. The van der Waals surface area contributed by atoms with Gasteiger partial charge in [0.1, 0.15) is 4.88 Å². The summed E-state index contributed by atoms with van der Waals surface area (Å²) in [6.45, 7) is 1.95. The van der Waals surface area contributed by atoms with Gasteiger partial charge in [-0.25, -0.2) is 0 Å². The first-order valence-corrected chi connectivity index (χ1v) is 9.15. The maximum Gasteiger partial charge on any atom is 0.308 e.